The minimum absolute atomic E-state index is 0.0779. The predicted octanol–water partition coefficient (Wildman–Crippen LogP) is 1.34. The summed E-state index contributed by atoms with van der Waals surface area (Å²) in [5.74, 6) is 0.603. The molecule has 0 unspecified atom stereocenters. The number of carbonyl (C=O) groups is 1. The first-order valence-electron chi connectivity index (χ1n) is 7.31. The Balaban J connectivity index is 1.59. The zero-order valence-corrected chi connectivity index (χ0v) is 12.1. The van der Waals surface area contributed by atoms with E-state index in [4.69, 9.17) is 0 Å². The molecule has 0 aliphatic carbocycles. The molecule has 1 aromatic heterocycles. The molecule has 1 fully saturated rings. The van der Waals surface area contributed by atoms with Crippen LogP contribution in [0.15, 0.2) is 42.7 Å². The first kappa shape index (κ1) is 13.8. The monoisotopic (exact) mass is 284 g/mol. The maximum Gasteiger partial charge on any atom is 0.224 e. The Morgan fingerprint density at radius 3 is 2.90 bits per heavy atom. The zero-order valence-electron chi connectivity index (χ0n) is 12.1. The number of nitrogens with zero attached hydrogens (tertiary/aromatic N) is 2. The molecule has 1 amide bonds. The maximum absolute atomic E-state index is 12.1. The van der Waals surface area contributed by atoms with Gasteiger partial charge in [0.25, 0.3) is 0 Å². The first-order chi connectivity index (χ1) is 10.2. The third kappa shape index (κ3) is 3.13. The smallest absolute Gasteiger partial charge is 0.224 e. The fraction of sp³-hybridized carbons (Fsp3) is 0.375. The van der Waals surface area contributed by atoms with E-state index in [0.29, 0.717) is 12.5 Å². The number of hydrogen-bond donors (Lipinski definition) is 2. The van der Waals surface area contributed by atoms with Crippen molar-refractivity contribution >= 4 is 5.91 Å². The molecule has 3 rings (SSSR count). The maximum atomic E-state index is 12.1. The van der Waals surface area contributed by atoms with Gasteiger partial charge in [-0.15, -0.1) is 0 Å². The van der Waals surface area contributed by atoms with Crippen LogP contribution in [-0.4, -0.2) is 28.8 Å². The molecule has 0 radical (unpaired) electrons. The molecule has 5 nitrogen and oxygen atoms in total. The van der Waals surface area contributed by atoms with Gasteiger partial charge in [-0.05, 0) is 24.6 Å². The molecule has 1 saturated heterocycles. The molecular formula is C16H20N4O. The Morgan fingerprint density at radius 1 is 1.38 bits per heavy atom. The van der Waals surface area contributed by atoms with Crippen LogP contribution in [0.5, 0.6) is 0 Å². The molecule has 110 valence electrons. The lowest BCUT2D eigenvalue weighted by molar-refractivity contribution is -0.125. The van der Waals surface area contributed by atoms with Gasteiger partial charge in [-0.25, -0.2) is 4.68 Å². The van der Waals surface area contributed by atoms with E-state index in [2.05, 4.69) is 22.7 Å². The molecule has 0 saturated carbocycles. The molecule has 2 aromatic rings. The molecule has 0 spiro atoms. The molecule has 2 heterocycles. The van der Waals surface area contributed by atoms with Crippen molar-refractivity contribution in [2.75, 3.05) is 13.1 Å². The van der Waals surface area contributed by atoms with Crippen LogP contribution in [0.25, 0.3) is 5.69 Å². The van der Waals surface area contributed by atoms with Crippen molar-refractivity contribution < 1.29 is 4.79 Å². The van der Waals surface area contributed by atoms with E-state index in [-0.39, 0.29) is 11.8 Å². The van der Waals surface area contributed by atoms with E-state index in [1.54, 1.807) is 6.20 Å². The average molecular weight is 284 g/mol. The van der Waals surface area contributed by atoms with Gasteiger partial charge in [0.1, 0.15) is 0 Å². The van der Waals surface area contributed by atoms with Gasteiger partial charge in [0.15, 0.2) is 0 Å². The van der Waals surface area contributed by atoms with E-state index in [9.17, 15) is 4.79 Å². The highest BCUT2D eigenvalue weighted by Gasteiger charge is 2.29. The molecule has 1 aliphatic heterocycles. The van der Waals surface area contributed by atoms with E-state index < -0.39 is 0 Å². The Morgan fingerprint density at radius 2 is 2.19 bits per heavy atom. The molecular weight excluding hydrogens is 264 g/mol. The van der Waals surface area contributed by atoms with Crippen LogP contribution in [0.3, 0.4) is 0 Å². The van der Waals surface area contributed by atoms with Crippen LogP contribution in [0.4, 0.5) is 0 Å². The van der Waals surface area contributed by atoms with Gasteiger partial charge in [0.2, 0.25) is 5.91 Å². The molecule has 2 N–H and O–H groups in total. The van der Waals surface area contributed by atoms with Crippen molar-refractivity contribution in [3.8, 4) is 5.69 Å². The van der Waals surface area contributed by atoms with E-state index >= 15 is 0 Å². The number of nitrogens with one attached hydrogen (secondary N) is 2. The van der Waals surface area contributed by atoms with Crippen molar-refractivity contribution in [1.82, 2.24) is 20.4 Å². The fourth-order valence-corrected chi connectivity index (χ4v) is 2.65. The zero-order chi connectivity index (χ0) is 14.7. The second kappa shape index (κ2) is 6.10. The number of rotatable bonds is 4. The standard InChI is InChI=1S/C16H20N4O/c1-12-7-17-10-15(12)16(21)18-8-13-9-19-20(11-13)14-5-3-2-4-6-14/h2-6,9,11-12,15,17H,7-8,10H2,1H3,(H,18,21)/t12-,15-/m1/s1. The number of hydrogen-bond acceptors (Lipinski definition) is 3. The summed E-state index contributed by atoms with van der Waals surface area (Å²) in [5.41, 5.74) is 2.02. The fourth-order valence-electron chi connectivity index (χ4n) is 2.65. The van der Waals surface area contributed by atoms with Crippen molar-refractivity contribution in [2.45, 2.75) is 13.5 Å². The second-order valence-corrected chi connectivity index (χ2v) is 5.59. The number of para-hydroxylation sites is 1. The van der Waals surface area contributed by atoms with Crippen LogP contribution in [0, 0.1) is 11.8 Å². The van der Waals surface area contributed by atoms with Crippen molar-refractivity contribution in [3.05, 3.63) is 48.3 Å². The lowest BCUT2D eigenvalue weighted by Crippen LogP contribution is -2.33. The van der Waals surface area contributed by atoms with Crippen molar-refractivity contribution in [2.24, 2.45) is 11.8 Å². The van der Waals surface area contributed by atoms with Gasteiger partial charge < -0.3 is 10.6 Å². The van der Waals surface area contributed by atoms with Gasteiger partial charge >= 0.3 is 0 Å². The highest BCUT2D eigenvalue weighted by Crippen LogP contribution is 2.16. The molecule has 1 aromatic carbocycles. The van der Waals surface area contributed by atoms with Crippen LogP contribution >= 0.6 is 0 Å². The van der Waals surface area contributed by atoms with E-state index in [1.807, 2.05) is 41.2 Å². The third-order valence-electron chi connectivity index (χ3n) is 3.98. The molecule has 5 heteroatoms. The number of benzene rings is 1. The SMILES string of the molecule is C[C@@H]1CNC[C@H]1C(=O)NCc1cnn(-c2ccccc2)c1. The van der Waals surface area contributed by atoms with Crippen molar-refractivity contribution in [3.63, 3.8) is 0 Å². The van der Waals surface area contributed by atoms with Gasteiger partial charge in [-0.2, -0.15) is 5.10 Å². The number of amides is 1. The van der Waals surface area contributed by atoms with Crippen LogP contribution in [-0.2, 0) is 11.3 Å². The quantitative estimate of drug-likeness (QED) is 0.891. The summed E-state index contributed by atoms with van der Waals surface area (Å²) in [6, 6.07) is 9.94. The highest BCUT2D eigenvalue weighted by molar-refractivity contribution is 5.79. The molecule has 0 bridgehead atoms. The summed E-state index contributed by atoms with van der Waals surface area (Å²) in [5, 5.41) is 10.6. The third-order valence-corrected chi connectivity index (χ3v) is 3.98. The minimum atomic E-state index is 0.0779. The summed E-state index contributed by atoms with van der Waals surface area (Å²) in [7, 11) is 0. The molecule has 21 heavy (non-hydrogen) atoms. The summed E-state index contributed by atoms with van der Waals surface area (Å²) < 4.78 is 1.82. The Hall–Kier alpha value is -2.14. The van der Waals surface area contributed by atoms with Gasteiger partial charge in [-0.3, -0.25) is 4.79 Å². The minimum Gasteiger partial charge on any atom is -0.352 e. The summed E-state index contributed by atoms with van der Waals surface area (Å²) in [6.45, 7) is 4.33. The summed E-state index contributed by atoms with van der Waals surface area (Å²) >= 11 is 0. The predicted molar refractivity (Wildman–Crippen MR) is 80.9 cm³/mol. The Bertz CT molecular complexity index is 608. The van der Waals surface area contributed by atoms with E-state index in [0.717, 1.165) is 24.3 Å². The summed E-state index contributed by atoms with van der Waals surface area (Å²) in [4.78, 5) is 12.1. The topological polar surface area (TPSA) is 59.0 Å². The van der Waals surface area contributed by atoms with Crippen LogP contribution < -0.4 is 10.6 Å². The largest absolute Gasteiger partial charge is 0.352 e. The Kier molecular flexibility index (Phi) is 4.01. The van der Waals surface area contributed by atoms with Crippen LogP contribution in [0.1, 0.15) is 12.5 Å². The number of aromatic nitrogens is 2. The van der Waals surface area contributed by atoms with E-state index in [1.165, 1.54) is 0 Å². The second-order valence-electron chi connectivity index (χ2n) is 5.59. The average Bonchev–Trinajstić information content (AvgIpc) is 3.15. The lowest BCUT2D eigenvalue weighted by Gasteiger charge is -2.13. The Labute approximate surface area is 124 Å². The number of carbonyl (C=O) groups excluding carboxylic acids is 1. The molecule has 2 atom stereocenters. The van der Waals surface area contributed by atoms with Crippen LogP contribution in [0.2, 0.25) is 0 Å². The van der Waals surface area contributed by atoms with Gasteiger partial charge in [0.05, 0.1) is 17.8 Å². The highest BCUT2D eigenvalue weighted by atomic mass is 16.1. The first-order valence-corrected chi connectivity index (χ1v) is 7.31. The summed E-state index contributed by atoms with van der Waals surface area (Å²) in [6.07, 6.45) is 3.75. The molecule has 1 aliphatic rings. The van der Waals surface area contributed by atoms with Gasteiger partial charge in [-0.1, -0.05) is 25.1 Å². The van der Waals surface area contributed by atoms with Gasteiger partial charge in [0, 0.05) is 24.8 Å². The normalized spacial score (nSPS) is 21.4. The van der Waals surface area contributed by atoms with Crippen molar-refractivity contribution in [1.29, 1.82) is 0 Å². The lowest BCUT2D eigenvalue weighted by atomic mass is 9.97.